The molecule has 0 saturated carbocycles. The summed E-state index contributed by atoms with van der Waals surface area (Å²) < 4.78 is 5.10. The molecular weight excluding hydrogens is 376 g/mol. The van der Waals surface area contributed by atoms with Crippen molar-refractivity contribution in [3.05, 3.63) is 18.2 Å². The summed E-state index contributed by atoms with van der Waals surface area (Å²) in [5, 5.41) is 0. The molecule has 0 aliphatic heterocycles. The van der Waals surface area contributed by atoms with Gasteiger partial charge in [0, 0.05) is 6.42 Å². The van der Waals surface area contributed by atoms with E-state index in [1.165, 1.54) is 148 Å². The van der Waals surface area contributed by atoms with Crippen LogP contribution in [0.4, 0.5) is 0 Å². The lowest BCUT2D eigenvalue weighted by molar-refractivity contribution is -0.704. The Hall–Kier alpha value is -0.790. The van der Waals surface area contributed by atoms with Gasteiger partial charge in [-0.05, 0) is 32.1 Å². The van der Waals surface area contributed by atoms with Crippen molar-refractivity contribution in [1.82, 2.24) is 4.57 Å². The van der Waals surface area contributed by atoms with Gasteiger partial charge in [-0.1, -0.05) is 117 Å². The molecule has 0 atom stereocenters. The third kappa shape index (κ3) is 14.8. The molecule has 1 heterocycles. The summed E-state index contributed by atoms with van der Waals surface area (Å²) in [6.45, 7) is 9.35. The SMILES string of the molecule is CCCCCCCCCCCCCCC[n+]1ccn(CCCCCCCC)c1CCC. The van der Waals surface area contributed by atoms with E-state index in [0.717, 1.165) is 0 Å². The Morgan fingerprint density at radius 2 is 1.00 bits per heavy atom. The van der Waals surface area contributed by atoms with Crippen LogP contribution in [0.25, 0.3) is 0 Å². The third-order valence-electron chi connectivity index (χ3n) is 6.82. The van der Waals surface area contributed by atoms with Crippen LogP contribution < -0.4 is 4.57 Å². The summed E-state index contributed by atoms with van der Waals surface area (Å²) in [6.07, 6.45) is 34.1. The van der Waals surface area contributed by atoms with Crippen LogP contribution in [0.5, 0.6) is 0 Å². The number of hydrogen-bond acceptors (Lipinski definition) is 0. The number of aromatic nitrogens is 2. The molecule has 1 aromatic rings. The number of nitrogens with zero attached hydrogens (tertiary/aromatic N) is 2. The first-order valence-electron chi connectivity index (χ1n) is 14.4. The van der Waals surface area contributed by atoms with Gasteiger partial charge in [0.1, 0.15) is 12.4 Å². The fourth-order valence-electron chi connectivity index (χ4n) is 4.78. The highest BCUT2D eigenvalue weighted by atomic mass is 15.1. The molecule has 182 valence electrons. The second-order valence-electron chi connectivity index (χ2n) is 9.86. The van der Waals surface area contributed by atoms with Crippen molar-refractivity contribution in [3.63, 3.8) is 0 Å². The maximum Gasteiger partial charge on any atom is 0.256 e. The van der Waals surface area contributed by atoms with Crippen LogP contribution >= 0.6 is 0 Å². The Morgan fingerprint density at radius 3 is 1.48 bits per heavy atom. The van der Waals surface area contributed by atoms with E-state index < -0.39 is 0 Å². The molecule has 0 saturated heterocycles. The van der Waals surface area contributed by atoms with Crippen molar-refractivity contribution in [2.75, 3.05) is 0 Å². The molecule has 2 heteroatoms. The van der Waals surface area contributed by atoms with Gasteiger partial charge in [-0.15, -0.1) is 0 Å². The normalized spacial score (nSPS) is 11.5. The van der Waals surface area contributed by atoms with Crippen LogP contribution in [-0.2, 0) is 19.5 Å². The molecule has 0 radical (unpaired) electrons. The fourth-order valence-corrected chi connectivity index (χ4v) is 4.78. The Labute approximate surface area is 196 Å². The molecule has 0 spiro atoms. The monoisotopic (exact) mass is 433 g/mol. The number of aryl methyl sites for hydroxylation is 2. The number of unbranched alkanes of at least 4 members (excludes halogenated alkanes) is 17. The van der Waals surface area contributed by atoms with E-state index in [0.29, 0.717) is 0 Å². The minimum Gasteiger partial charge on any atom is -0.234 e. The van der Waals surface area contributed by atoms with Gasteiger partial charge in [0.25, 0.3) is 5.82 Å². The van der Waals surface area contributed by atoms with Crippen molar-refractivity contribution >= 4 is 0 Å². The summed E-state index contributed by atoms with van der Waals surface area (Å²) in [7, 11) is 0. The fraction of sp³-hybridized carbons (Fsp3) is 0.897. The number of imidazole rings is 1. The molecule has 0 bridgehead atoms. The Kier molecular flexibility index (Phi) is 19.2. The summed E-state index contributed by atoms with van der Waals surface area (Å²) in [5.41, 5.74) is 0. The lowest BCUT2D eigenvalue weighted by Gasteiger charge is -2.06. The molecular formula is C29H57N2+. The first-order valence-corrected chi connectivity index (χ1v) is 14.4. The highest BCUT2D eigenvalue weighted by Gasteiger charge is 2.15. The topological polar surface area (TPSA) is 8.81 Å². The van der Waals surface area contributed by atoms with Crippen LogP contribution in [0, 0.1) is 0 Å². The zero-order valence-corrected chi connectivity index (χ0v) is 21.8. The van der Waals surface area contributed by atoms with Crippen molar-refractivity contribution in [1.29, 1.82) is 0 Å². The summed E-state index contributed by atoms with van der Waals surface area (Å²) in [6, 6.07) is 0. The van der Waals surface area contributed by atoms with Gasteiger partial charge in [0.2, 0.25) is 0 Å². The molecule has 2 nitrogen and oxygen atoms in total. The average Bonchev–Trinajstić information content (AvgIpc) is 3.15. The number of hydrogen-bond donors (Lipinski definition) is 0. The first kappa shape index (κ1) is 28.2. The van der Waals surface area contributed by atoms with Crippen LogP contribution in [-0.4, -0.2) is 4.57 Å². The van der Waals surface area contributed by atoms with Crippen LogP contribution in [0.3, 0.4) is 0 Å². The van der Waals surface area contributed by atoms with Crippen LogP contribution in [0.1, 0.15) is 155 Å². The molecule has 1 aromatic heterocycles. The van der Waals surface area contributed by atoms with Crippen molar-refractivity contribution in [2.45, 2.75) is 169 Å². The van der Waals surface area contributed by atoms with Crippen LogP contribution in [0.2, 0.25) is 0 Å². The average molecular weight is 434 g/mol. The smallest absolute Gasteiger partial charge is 0.234 e. The molecule has 0 aromatic carbocycles. The molecule has 0 fully saturated rings. The second-order valence-corrected chi connectivity index (χ2v) is 9.86. The maximum absolute atomic E-state index is 2.55. The molecule has 0 N–H and O–H groups in total. The van der Waals surface area contributed by atoms with Gasteiger partial charge in [0.15, 0.2) is 0 Å². The minimum atomic E-state index is 1.22. The molecule has 0 unspecified atom stereocenters. The molecule has 0 aliphatic rings. The third-order valence-corrected chi connectivity index (χ3v) is 6.82. The van der Waals surface area contributed by atoms with E-state index in [9.17, 15) is 0 Å². The summed E-state index contributed by atoms with van der Waals surface area (Å²) in [5.74, 6) is 1.56. The van der Waals surface area contributed by atoms with Crippen molar-refractivity contribution < 1.29 is 4.57 Å². The van der Waals surface area contributed by atoms with Gasteiger partial charge in [-0.3, -0.25) is 0 Å². The van der Waals surface area contributed by atoms with Gasteiger partial charge >= 0.3 is 0 Å². The van der Waals surface area contributed by atoms with E-state index in [2.05, 4.69) is 42.3 Å². The van der Waals surface area contributed by atoms with E-state index in [4.69, 9.17) is 0 Å². The molecule has 1 rings (SSSR count). The van der Waals surface area contributed by atoms with Crippen molar-refractivity contribution in [2.24, 2.45) is 0 Å². The van der Waals surface area contributed by atoms with E-state index in [1.807, 2.05) is 0 Å². The second kappa shape index (κ2) is 21.1. The maximum atomic E-state index is 2.55. The molecule has 0 aliphatic carbocycles. The number of rotatable bonds is 23. The summed E-state index contributed by atoms with van der Waals surface area (Å²) >= 11 is 0. The Balaban J connectivity index is 2.09. The lowest BCUT2D eigenvalue weighted by atomic mass is 10.0. The van der Waals surface area contributed by atoms with E-state index >= 15 is 0 Å². The van der Waals surface area contributed by atoms with Gasteiger partial charge < -0.3 is 0 Å². The Morgan fingerprint density at radius 1 is 0.548 bits per heavy atom. The first-order chi connectivity index (χ1) is 15.3. The lowest BCUT2D eigenvalue weighted by Crippen LogP contribution is -2.37. The molecule has 31 heavy (non-hydrogen) atoms. The van der Waals surface area contributed by atoms with Crippen LogP contribution in [0.15, 0.2) is 12.4 Å². The largest absolute Gasteiger partial charge is 0.256 e. The summed E-state index contributed by atoms with van der Waals surface area (Å²) in [4.78, 5) is 0. The van der Waals surface area contributed by atoms with E-state index in [1.54, 1.807) is 5.82 Å². The highest BCUT2D eigenvalue weighted by molar-refractivity contribution is 4.84. The zero-order chi connectivity index (χ0) is 22.4. The van der Waals surface area contributed by atoms with Gasteiger partial charge in [-0.25, -0.2) is 9.13 Å². The van der Waals surface area contributed by atoms with Crippen molar-refractivity contribution in [3.8, 4) is 0 Å². The van der Waals surface area contributed by atoms with E-state index in [-0.39, 0.29) is 0 Å². The van der Waals surface area contributed by atoms with Gasteiger partial charge in [-0.2, -0.15) is 0 Å². The van der Waals surface area contributed by atoms with Gasteiger partial charge in [0.05, 0.1) is 13.1 Å². The molecule has 0 amide bonds. The Bertz CT molecular complexity index is 491. The predicted octanol–water partition coefficient (Wildman–Crippen LogP) is 9.18. The highest BCUT2D eigenvalue weighted by Crippen LogP contribution is 2.13. The minimum absolute atomic E-state index is 1.22. The zero-order valence-electron chi connectivity index (χ0n) is 21.8. The quantitative estimate of drug-likeness (QED) is 0.120. The standard InChI is InChI=1S/C29H57N2/c1-4-7-9-11-13-14-15-16-17-18-19-21-23-26-31-28-27-30(29(31)24-6-3)25-22-20-12-10-8-5-2/h27-28H,4-26H2,1-3H3/q+1. The predicted molar refractivity (Wildman–Crippen MR) is 138 cm³/mol.